The highest BCUT2D eigenvalue weighted by Crippen LogP contribution is 2.21. The average Bonchev–Trinajstić information content (AvgIpc) is 3.82. The number of thiophene rings is 1. The topological polar surface area (TPSA) is 210 Å². The largest absolute Gasteiger partial charge is 0.378 e. The number of nitrogens with two attached hydrogens (primary N) is 1. The van der Waals surface area contributed by atoms with Crippen molar-refractivity contribution in [3.8, 4) is 11.1 Å². The third-order valence-corrected chi connectivity index (χ3v) is 11.3. The molecule has 15 heteroatoms. The van der Waals surface area contributed by atoms with Gasteiger partial charge in [0.05, 0.1) is 13.2 Å². The summed E-state index contributed by atoms with van der Waals surface area (Å²) >= 11 is 1.41. The van der Waals surface area contributed by atoms with Gasteiger partial charge in [0.1, 0.15) is 24.2 Å². The van der Waals surface area contributed by atoms with Gasteiger partial charge in [0.15, 0.2) is 0 Å². The molecule has 2 bridgehead atoms. The summed E-state index contributed by atoms with van der Waals surface area (Å²) in [6.07, 6.45) is -0.0346. The Morgan fingerprint density at radius 3 is 1.84 bits per heavy atom. The molecule has 14 nitrogen and oxygen atoms in total. The first-order valence-corrected chi connectivity index (χ1v) is 21.9. The van der Waals surface area contributed by atoms with Crippen LogP contribution in [-0.2, 0) is 59.2 Å². The van der Waals surface area contributed by atoms with E-state index in [4.69, 9.17) is 10.5 Å². The number of hydrogen-bond acceptors (Lipinski definition) is 9. The van der Waals surface area contributed by atoms with Crippen LogP contribution in [0.15, 0.2) is 127 Å². The van der Waals surface area contributed by atoms with E-state index in [2.05, 4.69) is 31.9 Å². The maximum Gasteiger partial charge on any atom is 0.243 e. The molecule has 2 aliphatic rings. The van der Waals surface area contributed by atoms with Crippen molar-refractivity contribution in [3.05, 3.63) is 148 Å². The summed E-state index contributed by atoms with van der Waals surface area (Å²) in [6.45, 7) is 1.02. The minimum atomic E-state index is -1.21. The SMILES string of the molecule is NCCOCCNC(=O)[C@@H]1Cc2ccc(cc2)NC(=O)CCC(=O)N[C@H](Cc2cccs2)C(=O)N[C@@H](Cc2ccc(-c3ccccc3)cc2)C(=O)N[C@H](Cc2ccccc2)C(=O)N1. The molecule has 5 aromatic rings. The molecule has 6 amide bonds. The molecule has 4 aromatic carbocycles. The summed E-state index contributed by atoms with van der Waals surface area (Å²) in [5, 5.41) is 18.9. The van der Waals surface area contributed by atoms with E-state index in [0.29, 0.717) is 24.4 Å². The number of nitrogens with one attached hydrogen (secondary N) is 6. The zero-order valence-electron chi connectivity index (χ0n) is 34.8. The maximum absolute atomic E-state index is 14.6. The molecular formula is C48H53N7O7S. The lowest BCUT2D eigenvalue weighted by Crippen LogP contribution is -2.59. The second kappa shape index (κ2) is 23.5. The van der Waals surface area contributed by atoms with Gasteiger partial charge in [-0.15, -0.1) is 11.3 Å². The standard InChI is InChI=1S/C48H53N7O7S/c49-23-25-62-26-24-50-45(58)39-29-34-15-19-37(20-16-34)51-43(56)21-22-44(57)52-42(31-38-12-7-27-63-38)48(61)55-41(30-33-13-17-36(18-14-33)35-10-5-2-6-11-35)47(60)54-40(46(59)53-39)28-32-8-3-1-4-9-32/h1-20,27,39-42H,21-26,28-31,49H2,(H,50,58)(H,51,56)(H,52,57)(H,53,59)(H,54,60)(H,55,61)/t39-,40+,41-,42+/m0/s1. The van der Waals surface area contributed by atoms with Gasteiger partial charge < -0.3 is 42.4 Å². The predicted molar refractivity (Wildman–Crippen MR) is 242 cm³/mol. The van der Waals surface area contributed by atoms with E-state index < -0.39 is 59.6 Å². The van der Waals surface area contributed by atoms with Crippen molar-refractivity contribution in [2.45, 2.75) is 62.7 Å². The zero-order chi connectivity index (χ0) is 44.4. The quantitative estimate of drug-likeness (QED) is 0.0687. The van der Waals surface area contributed by atoms with Crippen molar-refractivity contribution >= 4 is 52.5 Å². The van der Waals surface area contributed by atoms with Crippen LogP contribution in [0.5, 0.6) is 0 Å². The van der Waals surface area contributed by atoms with Crippen LogP contribution < -0.4 is 37.6 Å². The smallest absolute Gasteiger partial charge is 0.243 e. The fourth-order valence-corrected chi connectivity index (χ4v) is 7.82. The van der Waals surface area contributed by atoms with Gasteiger partial charge in [0, 0.05) is 62.2 Å². The van der Waals surface area contributed by atoms with Crippen LogP contribution in [0, 0.1) is 0 Å². The lowest BCUT2D eigenvalue weighted by Gasteiger charge is -2.27. The Balaban J connectivity index is 1.34. The fraction of sp³-hybridized carbons (Fsp3) is 0.292. The molecule has 1 aromatic heterocycles. The van der Waals surface area contributed by atoms with Gasteiger partial charge in [-0.1, -0.05) is 103 Å². The molecule has 0 spiro atoms. The van der Waals surface area contributed by atoms with Gasteiger partial charge in [-0.05, 0) is 51.4 Å². The Bertz CT molecular complexity index is 2280. The molecule has 0 fully saturated rings. The molecule has 0 saturated carbocycles. The van der Waals surface area contributed by atoms with E-state index in [1.54, 1.807) is 24.3 Å². The van der Waals surface area contributed by atoms with E-state index in [-0.39, 0.29) is 51.7 Å². The Morgan fingerprint density at radius 2 is 1.21 bits per heavy atom. The molecule has 0 aliphatic carbocycles. The number of fused-ring (bicyclic) bond motifs is 18. The lowest BCUT2D eigenvalue weighted by atomic mass is 9.99. The van der Waals surface area contributed by atoms with Crippen molar-refractivity contribution in [1.82, 2.24) is 26.6 Å². The number of ether oxygens (including phenoxy) is 1. The molecule has 328 valence electrons. The van der Waals surface area contributed by atoms with Crippen LogP contribution in [-0.4, -0.2) is 85.9 Å². The highest BCUT2D eigenvalue weighted by molar-refractivity contribution is 7.09. The summed E-state index contributed by atoms with van der Waals surface area (Å²) < 4.78 is 5.43. The van der Waals surface area contributed by atoms with Gasteiger partial charge in [-0.25, -0.2) is 0 Å². The number of anilines is 1. The van der Waals surface area contributed by atoms with Crippen LogP contribution in [0.4, 0.5) is 5.69 Å². The maximum atomic E-state index is 14.6. The Morgan fingerprint density at radius 1 is 0.619 bits per heavy atom. The molecule has 4 atom stereocenters. The number of amides is 6. The Kier molecular flexibility index (Phi) is 17.1. The normalized spacial score (nSPS) is 19.1. The summed E-state index contributed by atoms with van der Waals surface area (Å²) in [6, 6.07) is 32.5. The number of benzene rings is 4. The highest BCUT2D eigenvalue weighted by atomic mass is 32.1. The molecule has 0 saturated heterocycles. The first-order valence-electron chi connectivity index (χ1n) is 21.0. The van der Waals surface area contributed by atoms with Gasteiger partial charge in [0.25, 0.3) is 0 Å². The molecule has 0 radical (unpaired) electrons. The van der Waals surface area contributed by atoms with Crippen molar-refractivity contribution in [2.75, 3.05) is 31.6 Å². The lowest BCUT2D eigenvalue weighted by molar-refractivity contribution is -0.134. The van der Waals surface area contributed by atoms with Gasteiger partial charge in [-0.2, -0.15) is 0 Å². The first-order chi connectivity index (χ1) is 30.6. The number of carbonyl (C=O) groups is 6. The number of carbonyl (C=O) groups excluding carboxylic acids is 6. The first kappa shape index (κ1) is 45.8. The van der Waals surface area contributed by atoms with Gasteiger partial charge >= 0.3 is 0 Å². The van der Waals surface area contributed by atoms with E-state index in [1.165, 1.54) is 11.3 Å². The Hall–Kier alpha value is -6.68. The van der Waals surface area contributed by atoms with E-state index in [9.17, 15) is 28.8 Å². The van der Waals surface area contributed by atoms with Crippen molar-refractivity contribution in [1.29, 1.82) is 0 Å². The molecule has 0 unspecified atom stereocenters. The second-order valence-electron chi connectivity index (χ2n) is 15.2. The summed E-state index contributed by atoms with van der Waals surface area (Å²) in [5.74, 6) is -3.30. The van der Waals surface area contributed by atoms with Crippen LogP contribution in [0.1, 0.15) is 34.4 Å². The van der Waals surface area contributed by atoms with Crippen LogP contribution in [0.2, 0.25) is 0 Å². The molecular weight excluding hydrogens is 819 g/mol. The average molecular weight is 872 g/mol. The third-order valence-electron chi connectivity index (χ3n) is 10.4. The predicted octanol–water partition coefficient (Wildman–Crippen LogP) is 3.45. The molecule has 63 heavy (non-hydrogen) atoms. The second-order valence-corrected chi connectivity index (χ2v) is 16.2. The molecule has 8 N–H and O–H groups in total. The zero-order valence-corrected chi connectivity index (χ0v) is 35.7. The Labute approximate surface area is 370 Å². The molecule has 7 rings (SSSR count). The van der Waals surface area contributed by atoms with Crippen molar-refractivity contribution in [2.24, 2.45) is 5.73 Å². The van der Waals surface area contributed by atoms with E-state index in [1.807, 2.05) is 102 Å². The van der Waals surface area contributed by atoms with Gasteiger partial charge in [-0.3, -0.25) is 28.8 Å². The molecule has 3 heterocycles. The van der Waals surface area contributed by atoms with Crippen LogP contribution in [0.3, 0.4) is 0 Å². The van der Waals surface area contributed by atoms with E-state index >= 15 is 0 Å². The van der Waals surface area contributed by atoms with Crippen molar-refractivity contribution in [3.63, 3.8) is 0 Å². The minimum absolute atomic E-state index is 0.0409. The number of hydrogen-bond donors (Lipinski definition) is 7. The van der Waals surface area contributed by atoms with Gasteiger partial charge in [0.2, 0.25) is 35.4 Å². The molecule has 2 aliphatic heterocycles. The minimum Gasteiger partial charge on any atom is -0.378 e. The van der Waals surface area contributed by atoms with Crippen LogP contribution >= 0.6 is 11.3 Å². The van der Waals surface area contributed by atoms with Crippen LogP contribution in [0.25, 0.3) is 11.1 Å². The van der Waals surface area contributed by atoms with E-state index in [0.717, 1.165) is 27.1 Å². The number of rotatable bonds is 13. The summed E-state index contributed by atoms with van der Waals surface area (Å²) in [5.41, 5.74) is 10.1. The highest BCUT2D eigenvalue weighted by Gasteiger charge is 2.32. The monoisotopic (exact) mass is 871 g/mol. The third kappa shape index (κ3) is 14.5. The summed E-state index contributed by atoms with van der Waals surface area (Å²) in [7, 11) is 0. The van der Waals surface area contributed by atoms with Crippen molar-refractivity contribution < 1.29 is 33.5 Å². The fourth-order valence-electron chi connectivity index (χ4n) is 7.07. The summed E-state index contributed by atoms with van der Waals surface area (Å²) in [4.78, 5) is 84.2.